The fraction of sp³-hybridized carbons (Fsp3) is 0.714. The van der Waals surface area contributed by atoms with E-state index in [4.69, 9.17) is 4.74 Å². The van der Waals surface area contributed by atoms with Crippen LogP contribution in [-0.4, -0.2) is 41.8 Å². The molecule has 1 aromatic heterocycles. The Morgan fingerprint density at radius 1 is 1.32 bits per heavy atom. The fourth-order valence-corrected chi connectivity index (χ4v) is 2.74. The summed E-state index contributed by atoms with van der Waals surface area (Å²) in [4.78, 5) is 11.2. The second kappa shape index (κ2) is 5.33. The van der Waals surface area contributed by atoms with E-state index in [0.717, 1.165) is 37.2 Å². The number of ether oxygens (including phenoxy) is 1. The van der Waals surface area contributed by atoms with E-state index in [1.54, 1.807) is 12.4 Å². The van der Waals surface area contributed by atoms with Gasteiger partial charge < -0.3 is 15.0 Å². The van der Waals surface area contributed by atoms with Gasteiger partial charge in [0.25, 0.3) is 0 Å². The number of morpholine rings is 1. The first-order valence-corrected chi connectivity index (χ1v) is 7.23. The Morgan fingerprint density at radius 3 is 2.84 bits per heavy atom. The second-order valence-corrected chi connectivity index (χ2v) is 5.49. The third kappa shape index (κ3) is 2.81. The van der Waals surface area contributed by atoms with Gasteiger partial charge in [-0.25, -0.2) is 9.97 Å². The average Bonchev–Trinajstić information content (AvgIpc) is 3.23. The highest BCUT2D eigenvalue weighted by Gasteiger charge is 2.38. The molecule has 0 spiro atoms. The highest BCUT2D eigenvalue weighted by Crippen LogP contribution is 2.37. The monoisotopic (exact) mass is 262 g/mol. The third-order valence-corrected chi connectivity index (χ3v) is 3.76. The zero-order valence-electron chi connectivity index (χ0n) is 11.7. The molecule has 3 rings (SSSR count). The summed E-state index contributed by atoms with van der Waals surface area (Å²) in [5.74, 6) is 2.60. The number of rotatable bonds is 4. The first kappa shape index (κ1) is 12.7. The van der Waals surface area contributed by atoms with Gasteiger partial charge in [0.05, 0.1) is 12.2 Å². The van der Waals surface area contributed by atoms with Gasteiger partial charge in [-0.1, -0.05) is 0 Å². The van der Waals surface area contributed by atoms with E-state index in [1.807, 2.05) is 0 Å². The van der Waals surface area contributed by atoms with Crippen molar-refractivity contribution in [3.05, 3.63) is 12.4 Å². The van der Waals surface area contributed by atoms with Crippen molar-refractivity contribution in [2.24, 2.45) is 5.92 Å². The molecule has 0 unspecified atom stereocenters. The van der Waals surface area contributed by atoms with Crippen molar-refractivity contribution in [2.45, 2.75) is 38.9 Å². The van der Waals surface area contributed by atoms with Gasteiger partial charge in [-0.3, -0.25) is 0 Å². The Labute approximate surface area is 114 Å². The summed E-state index contributed by atoms with van der Waals surface area (Å²) in [6, 6.07) is 0. The maximum atomic E-state index is 6.05. The van der Waals surface area contributed by atoms with Gasteiger partial charge in [0.2, 0.25) is 0 Å². The van der Waals surface area contributed by atoms with Gasteiger partial charge in [0.15, 0.2) is 11.6 Å². The van der Waals surface area contributed by atoms with Gasteiger partial charge in [-0.05, 0) is 32.6 Å². The lowest BCUT2D eigenvalue weighted by atomic mass is 10.1. The van der Waals surface area contributed by atoms with Crippen LogP contribution in [0.1, 0.15) is 26.7 Å². The Hall–Kier alpha value is -1.36. The largest absolute Gasteiger partial charge is 0.371 e. The van der Waals surface area contributed by atoms with Crippen LogP contribution in [0, 0.1) is 5.92 Å². The maximum Gasteiger partial charge on any atom is 0.171 e. The number of anilines is 2. The zero-order chi connectivity index (χ0) is 13.2. The van der Waals surface area contributed by atoms with Crippen LogP contribution in [0.4, 0.5) is 11.6 Å². The van der Waals surface area contributed by atoms with Crippen LogP contribution in [0.25, 0.3) is 0 Å². The molecule has 1 saturated heterocycles. The van der Waals surface area contributed by atoms with E-state index in [2.05, 4.69) is 34.0 Å². The molecule has 104 valence electrons. The number of hydrogen-bond acceptors (Lipinski definition) is 5. The van der Waals surface area contributed by atoms with Gasteiger partial charge in [0, 0.05) is 32.0 Å². The van der Waals surface area contributed by atoms with E-state index in [9.17, 15) is 0 Å². The van der Waals surface area contributed by atoms with E-state index in [0.29, 0.717) is 6.10 Å². The lowest BCUT2D eigenvalue weighted by molar-refractivity contribution is -0.0273. The SMILES string of the molecule is CCNc1nccnc1N1C[C@@H](C2CC2)O[C@@H](C)C1. The molecule has 1 aliphatic heterocycles. The Morgan fingerprint density at radius 2 is 2.11 bits per heavy atom. The Kier molecular flexibility index (Phi) is 3.55. The molecular weight excluding hydrogens is 240 g/mol. The van der Waals surface area contributed by atoms with Crippen LogP contribution in [0.3, 0.4) is 0 Å². The summed E-state index contributed by atoms with van der Waals surface area (Å²) in [7, 11) is 0. The smallest absolute Gasteiger partial charge is 0.171 e. The molecule has 1 aromatic rings. The molecule has 19 heavy (non-hydrogen) atoms. The minimum absolute atomic E-state index is 0.260. The molecule has 0 radical (unpaired) electrons. The van der Waals surface area contributed by atoms with Gasteiger partial charge in [-0.15, -0.1) is 0 Å². The van der Waals surface area contributed by atoms with Crippen molar-refractivity contribution in [1.29, 1.82) is 0 Å². The minimum Gasteiger partial charge on any atom is -0.371 e. The highest BCUT2D eigenvalue weighted by atomic mass is 16.5. The molecule has 0 bridgehead atoms. The topological polar surface area (TPSA) is 50.3 Å². The minimum atomic E-state index is 0.260. The first-order valence-electron chi connectivity index (χ1n) is 7.23. The molecule has 5 heteroatoms. The van der Waals surface area contributed by atoms with Crippen LogP contribution in [-0.2, 0) is 4.74 Å². The molecule has 1 N–H and O–H groups in total. The Balaban J connectivity index is 1.79. The van der Waals surface area contributed by atoms with Crippen molar-refractivity contribution in [3.63, 3.8) is 0 Å². The quantitative estimate of drug-likeness (QED) is 0.898. The number of aromatic nitrogens is 2. The van der Waals surface area contributed by atoms with Crippen LogP contribution in [0.15, 0.2) is 12.4 Å². The summed E-state index contributed by atoms with van der Waals surface area (Å²) in [5.41, 5.74) is 0. The summed E-state index contributed by atoms with van der Waals surface area (Å²) in [6.45, 7) is 6.91. The number of hydrogen-bond donors (Lipinski definition) is 1. The lowest BCUT2D eigenvalue weighted by Gasteiger charge is -2.38. The van der Waals surface area contributed by atoms with E-state index in [1.165, 1.54) is 12.8 Å². The maximum absolute atomic E-state index is 6.05. The second-order valence-electron chi connectivity index (χ2n) is 5.49. The summed E-state index contributed by atoms with van der Waals surface area (Å²) in [6.07, 6.45) is 6.75. The van der Waals surface area contributed by atoms with Crippen LogP contribution in [0.2, 0.25) is 0 Å². The number of nitrogens with zero attached hydrogens (tertiary/aromatic N) is 3. The van der Waals surface area contributed by atoms with Gasteiger partial charge in [0.1, 0.15) is 0 Å². The van der Waals surface area contributed by atoms with Crippen molar-refractivity contribution >= 4 is 11.6 Å². The van der Waals surface area contributed by atoms with Crippen LogP contribution < -0.4 is 10.2 Å². The molecular formula is C14H22N4O. The normalized spacial score (nSPS) is 27.4. The summed E-state index contributed by atoms with van der Waals surface area (Å²) in [5, 5.41) is 3.29. The highest BCUT2D eigenvalue weighted by molar-refractivity contribution is 5.60. The summed E-state index contributed by atoms with van der Waals surface area (Å²) >= 11 is 0. The predicted octanol–water partition coefficient (Wildman–Crippen LogP) is 1.91. The Bertz CT molecular complexity index is 435. The van der Waals surface area contributed by atoms with E-state index in [-0.39, 0.29) is 6.10 Å². The molecule has 1 saturated carbocycles. The predicted molar refractivity (Wildman–Crippen MR) is 75.5 cm³/mol. The van der Waals surface area contributed by atoms with Crippen molar-refractivity contribution in [1.82, 2.24) is 9.97 Å². The van der Waals surface area contributed by atoms with Crippen LogP contribution >= 0.6 is 0 Å². The van der Waals surface area contributed by atoms with Gasteiger partial charge in [-0.2, -0.15) is 0 Å². The molecule has 5 nitrogen and oxygen atoms in total. The molecule has 1 aliphatic carbocycles. The molecule has 2 heterocycles. The van der Waals surface area contributed by atoms with Crippen molar-refractivity contribution < 1.29 is 4.74 Å². The summed E-state index contributed by atoms with van der Waals surface area (Å²) < 4.78 is 6.05. The lowest BCUT2D eigenvalue weighted by Crippen LogP contribution is -2.48. The first-order chi connectivity index (χ1) is 9.28. The third-order valence-electron chi connectivity index (χ3n) is 3.76. The molecule has 0 amide bonds. The fourth-order valence-electron chi connectivity index (χ4n) is 2.74. The van der Waals surface area contributed by atoms with Crippen molar-refractivity contribution in [2.75, 3.05) is 29.9 Å². The molecule has 2 aliphatic rings. The van der Waals surface area contributed by atoms with E-state index < -0.39 is 0 Å². The number of nitrogens with one attached hydrogen (secondary N) is 1. The molecule has 0 aromatic carbocycles. The average molecular weight is 262 g/mol. The molecule has 2 atom stereocenters. The molecule has 2 fully saturated rings. The van der Waals surface area contributed by atoms with Crippen molar-refractivity contribution in [3.8, 4) is 0 Å². The van der Waals surface area contributed by atoms with Gasteiger partial charge >= 0.3 is 0 Å². The standard InChI is InChI=1S/C14H22N4O/c1-3-15-13-14(17-7-6-16-13)18-8-10(2)19-12(9-18)11-4-5-11/h6-7,10-12H,3-5,8-9H2,1-2H3,(H,15,16)/t10-,12-/m0/s1. The van der Waals surface area contributed by atoms with E-state index >= 15 is 0 Å². The zero-order valence-corrected chi connectivity index (χ0v) is 11.7. The van der Waals surface area contributed by atoms with Crippen LogP contribution in [0.5, 0.6) is 0 Å².